The van der Waals surface area contributed by atoms with Crippen molar-refractivity contribution in [3.63, 3.8) is 0 Å². The number of likely N-dealkylation sites (tertiary alicyclic amines) is 1. The number of primary amides is 1. The lowest BCUT2D eigenvalue weighted by Crippen LogP contribution is -2.31. The van der Waals surface area contributed by atoms with E-state index in [9.17, 15) is 14.4 Å². The Morgan fingerprint density at radius 3 is 2.66 bits per heavy atom. The molecule has 4 heterocycles. The molecule has 1 saturated heterocycles. The van der Waals surface area contributed by atoms with Gasteiger partial charge in [0.05, 0.1) is 17.5 Å². The van der Waals surface area contributed by atoms with Crippen LogP contribution in [0.25, 0.3) is 11.5 Å². The molecule has 0 spiro atoms. The maximum atomic E-state index is 13.1. The number of nitrogens with zero attached hydrogens (tertiary/aromatic N) is 5. The summed E-state index contributed by atoms with van der Waals surface area (Å²) in [6.07, 6.45) is 4.70. The molecule has 29 heavy (non-hydrogen) atoms. The van der Waals surface area contributed by atoms with Crippen molar-refractivity contribution in [3.8, 4) is 5.95 Å². The molecule has 0 bridgehead atoms. The number of rotatable bonds is 3. The van der Waals surface area contributed by atoms with E-state index in [1.165, 1.54) is 15.4 Å². The molecule has 3 N–H and O–H groups in total. The zero-order valence-corrected chi connectivity index (χ0v) is 15.9. The summed E-state index contributed by atoms with van der Waals surface area (Å²) in [4.78, 5) is 41.3. The second-order valence-corrected chi connectivity index (χ2v) is 7.97. The van der Waals surface area contributed by atoms with Crippen molar-refractivity contribution in [2.24, 2.45) is 23.5 Å². The van der Waals surface area contributed by atoms with Gasteiger partial charge in [-0.25, -0.2) is 9.20 Å². The zero-order valence-electron chi connectivity index (χ0n) is 15.9. The van der Waals surface area contributed by atoms with E-state index in [2.05, 4.69) is 15.2 Å². The van der Waals surface area contributed by atoms with E-state index < -0.39 is 0 Å². The van der Waals surface area contributed by atoms with Crippen molar-refractivity contribution in [2.75, 3.05) is 13.1 Å². The van der Waals surface area contributed by atoms with Crippen LogP contribution in [0.5, 0.6) is 0 Å². The summed E-state index contributed by atoms with van der Waals surface area (Å²) < 4.78 is 2.95. The van der Waals surface area contributed by atoms with E-state index in [0.717, 1.165) is 12.8 Å². The lowest BCUT2D eigenvalue weighted by Gasteiger charge is -2.18. The van der Waals surface area contributed by atoms with Gasteiger partial charge in [-0.1, -0.05) is 0 Å². The standard InChI is InChI=1S/C19H21N7O3/c1-10-14(18(29)24-8-12-5-11(16(20)27)6-13(12)9-24)7-21-26(10)19-22-17(28)15-3-2-4-25(15)23-19/h2-4,7,11-13H,5-6,8-9H2,1H3,(H2,20,27)(H,22,23,28). The van der Waals surface area contributed by atoms with Crippen LogP contribution in [-0.4, -0.2) is 54.2 Å². The highest BCUT2D eigenvalue weighted by Crippen LogP contribution is 2.41. The number of hydrogen-bond donors (Lipinski definition) is 2. The first kappa shape index (κ1) is 17.7. The molecule has 3 aromatic heterocycles. The van der Waals surface area contributed by atoms with Crippen molar-refractivity contribution in [1.82, 2.24) is 29.3 Å². The number of nitrogens with two attached hydrogens (primary N) is 1. The molecule has 1 saturated carbocycles. The molecule has 3 aromatic rings. The van der Waals surface area contributed by atoms with Crippen LogP contribution >= 0.6 is 0 Å². The van der Waals surface area contributed by atoms with Crippen LogP contribution in [0.3, 0.4) is 0 Å². The third-order valence-electron chi connectivity index (χ3n) is 6.27. The van der Waals surface area contributed by atoms with E-state index in [-0.39, 0.29) is 29.2 Å². The number of nitrogens with one attached hydrogen (secondary N) is 1. The molecule has 10 nitrogen and oxygen atoms in total. The fourth-order valence-corrected chi connectivity index (χ4v) is 4.73. The summed E-state index contributed by atoms with van der Waals surface area (Å²) in [7, 11) is 0. The number of carbonyl (C=O) groups excluding carboxylic acids is 2. The third-order valence-corrected chi connectivity index (χ3v) is 6.27. The third kappa shape index (κ3) is 2.74. The van der Waals surface area contributed by atoms with Gasteiger partial charge in [-0.15, -0.1) is 5.10 Å². The highest BCUT2D eigenvalue weighted by atomic mass is 16.2. The molecule has 0 aromatic carbocycles. The van der Waals surface area contributed by atoms with Crippen molar-refractivity contribution in [2.45, 2.75) is 19.8 Å². The van der Waals surface area contributed by atoms with Crippen LogP contribution in [0.15, 0.2) is 29.3 Å². The number of hydrogen-bond acceptors (Lipinski definition) is 5. The number of aromatic nitrogens is 5. The Morgan fingerprint density at radius 1 is 1.24 bits per heavy atom. The predicted molar refractivity (Wildman–Crippen MR) is 102 cm³/mol. The Labute approximate surface area is 165 Å². The van der Waals surface area contributed by atoms with Gasteiger partial charge in [-0.05, 0) is 43.7 Å². The molecule has 1 aliphatic heterocycles. The summed E-state index contributed by atoms with van der Waals surface area (Å²) >= 11 is 0. The summed E-state index contributed by atoms with van der Waals surface area (Å²) in [5.41, 5.74) is 6.69. The largest absolute Gasteiger partial charge is 0.369 e. The molecular weight excluding hydrogens is 374 g/mol. The Balaban J connectivity index is 1.39. The average Bonchev–Trinajstić information content (AvgIpc) is 3.43. The first-order valence-electron chi connectivity index (χ1n) is 9.63. The van der Waals surface area contributed by atoms with Gasteiger partial charge in [0.1, 0.15) is 5.52 Å². The van der Waals surface area contributed by atoms with E-state index in [4.69, 9.17) is 5.73 Å². The van der Waals surface area contributed by atoms with Crippen molar-refractivity contribution >= 4 is 17.3 Å². The summed E-state index contributed by atoms with van der Waals surface area (Å²) in [6, 6.07) is 3.41. The fourth-order valence-electron chi connectivity index (χ4n) is 4.73. The van der Waals surface area contributed by atoms with Crippen LogP contribution in [0.2, 0.25) is 0 Å². The normalized spacial score (nSPS) is 23.6. The van der Waals surface area contributed by atoms with Gasteiger partial charge < -0.3 is 10.6 Å². The number of fused-ring (bicyclic) bond motifs is 2. The Morgan fingerprint density at radius 2 is 1.97 bits per heavy atom. The second-order valence-electron chi connectivity index (χ2n) is 7.97. The van der Waals surface area contributed by atoms with Crippen molar-refractivity contribution in [3.05, 3.63) is 46.1 Å². The molecule has 5 rings (SSSR count). The first-order valence-corrected chi connectivity index (χ1v) is 9.63. The smallest absolute Gasteiger partial charge is 0.276 e. The van der Waals surface area contributed by atoms with E-state index in [1.807, 2.05) is 4.90 Å². The number of aromatic amines is 1. The van der Waals surface area contributed by atoms with Gasteiger partial charge in [0.2, 0.25) is 11.9 Å². The van der Waals surface area contributed by atoms with Gasteiger partial charge in [0, 0.05) is 25.2 Å². The summed E-state index contributed by atoms with van der Waals surface area (Å²) in [5, 5.41) is 8.64. The molecular formula is C19H21N7O3. The Kier molecular flexibility index (Phi) is 3.83. The van der Waals surface area contributed by atoms with Gasteiger partial charge in [0.25, 0.3) is 11.5 Å². The highest BCUT2D eigenvalue weighted by Gasteiger charge is 2.44. The minimum absolute atomic E-state index is 0.0711. The van der Waals surface area contributed by atoms with Crippen LogP contribution in [0.1, 0.15) is 28.9 Å². The highest BCUT2D eigenvalue weighted by molar-refractivity contribution is 5.95. The molecule has 2 unspecified atom stereocenters. The molecule has 1 aliphatic carbocycles. The Hall–Kier alpha value is -3.43. The minimum Gasteiger partial charge on any atom is -0.369 e. The van der Waals surface area contributed by atoms with E-state index >= 15 is 0 Å². The quantitative estimate of drug-likeness (QED) is 0.649. The van der Waals surface area contributed by atoms with Gasteiger partial charge in [0.15, 0.2) is 0 Å². The summed E-state index contributed by atoms with van der Waals surface area (Å²) in [5.74, 6) is 0.483. The Bertz CT molecular complexity index is 1180. The topological polar surface area (TPSA) is 131 Å². The van der Waals surface area contributed by atoms with Crippen LogP contribution < -0.4 is 11.3 Å². The van der Waals surface area contributed by atoms with Gasteiger partial charge >= 0.3 is 0 Å². The monoisotopic (exact) mass is 395 g/mol. The molecule has 0 radical (unpaired) electrons. The number of H-pyrrole nitrogens is 1. The zero-order chi connectivity index (χ0) is 20.3. The predicted octanol–water partition coefficient (Wildman–Crippen LogP) is 0.100. The molecule has 10 heteroatoms. The number of amides is 2. The first-order chi connectivity index (χ1) is 13.9. The van der Waals surface area contributed by atoms with E-state index in [0.29, 0.717) is 41.7 Å². The fraction of sp³-hybridized carbons (Fsp3) is 0.421. The summed E-state index contributed by atoms with van der Waals surface area (Å²) in [6.45, 7) is 3.03. The molecule has 150 valence electrons. The SMILES string of the molecule is Cc1c(C(=O)N2CC3CC(C(N)=O)CC3C2)cnn1-c1nn2cccc2c(=O)[nH]1. The molecule has 2 amide bonds. The average molecular weight is 395 g/mol. The van der Waals surface area contributed by atoms with Crippen molar-refractivity contribution < 1.29 is 9.59 Å². The minimum atomic E-state index is -0.279. The van der Waals surface area contributed by atoms with Gasteiger partial charge in [-0.2, -0.15) is 5.10 Å². The van der Waals surface area contributed by atoms with E-state index in [1.54, 1.807) is 25.3 Å². The van der Waals surface area contributed by atoms with Crippen LogP contribution in [0, 0.1) is 24.7 Å². The molecule has 2 atom stereocenters. The van der Waals surface area contributed by atoms with Crippen LogP contribution in [-0.2, 0) is 4.79 Å². The van der Waals surface area contributed by atoms with Crippen LogP contribution in [0.4, 0.5) is 0 Å². The maximum Gasteiger partial charge on any atom is 0.276 e. The second kappa shape index (κ2) is 6.29. The lowest BCUT2D eigenvalue weighted by molar-refractivity contribution is -0.121. The molecule has 2 fully saturated rings. The molecule has 2 aliphatic rings. The van der Waals surface area contributed by atoms with Crippen molar-refractivity contribution in [1.29, 1.82) is 0 Å². The number of carbonyl (C=O) groups is 2. The van der Waals surface area contributed by atoms with Gasteiger partial charge in [-0.3, -0.25) is 19.4 Å². The lowest BCUT2D eigenvalue weighted by atomic mass is 10.0. The maximum absolute atomic E-state index is 13.1.